The van der Waals surface area contributed by atoms with Gasteiger partial charge in [-0.3, -0.25) is 4.79 Å². The van der Waals surface area contributed by atoms with Crippen LogP contribution in [0.25, 0.3) is 11.3 Å². The standard InChI is InChI=1S/C26H34F2N4O3/c1-26(2,28)17-31-12-9-18(10-13-31)16-35-24-8-7-23(29-30-24)19-5-6-21(22(27)14-19)25(34)32-11-3-4-20(33)15-32/h5-8,14,18,20,33H,3-4,9-13,15-17H2,1-2H3. The van der Waals surface area contributed by atoms with Crippen LogP contribution < -0.4 is 4.74 Å². The van der Waals surface area contributed by atoms with Crippen molar-refractivity contribution in [2.75, 3.05) is 39.3 Å². The maximum absolute atomic E-state index is 14.8. The first kappa shape index (κ1) is 25.4. The molecular weight excluding hydrogens is 454 g/mol. The lowest BCUT2D eigenvalue weighted by molar-refractivity contribution is 0.0470. The Kier molecular flexibility index (Phi) is 7.96. The fraction of sp³-hybridized carbons (Fsp3) is 0.577. The van der Waals surface area contributed by atoms with Gasteiger partial charge in [0.05, 0.1) is 24.0 Å². The monoisotopic (exact) mass is 488 g/mol. The zero-order valence-corrected chi connectivity index (χ0v) is 20.4. The fourth-order valence-electron chi connectivity index (χ4n) is 4.75. The van der Waals surface area contributed by atoms with Gasteiger partial charge in [-0.2, -0.15) is 0 Å². The van der Waals surface area contributed by atoms with E-state index < -0.39 is 23.5 Å². The number of piperidine rings is 2. The van der Waals surface area contributed by atoms with Gasteiger partial charge in [-0.1, -0.05) is 6.07 Å². The van der Waals surface area contributed by atoms with Gasteiger partial charge < -0.3 is 19.6 Å². The van der Waals surface area contributed by atoms with Crippen molar-refractivity contribution in [2.24, 2.45) is 5.92 Å². The number of aromatic nitrogens is 2. The summed E-state index contributed by atoms with van der Waals surface area (Å²) >= 11 is 0. The summed E-state index contributed by atoms with van der Waals surface area (Å²) in [7, 11) is 0. The number of amides is 1. The highest BCUT2D eigenvalue weighted by Gasteiger charge is 2.26. The largest absolute Gasteiger partial charge is 0.476 e. The Morgan fingerprint density at radius 3 is 2.54 bits per heavy atom. The van der Waals surface area contributed by atoms with Crippen molar-refractivity contribution in [1.82, 2.24) is 20.0 Å². The lowest BCUT2D eigenvalue weighted by Crippen LogP contribution is -2.42. The molecule has 2 saturated heterocycles. The zero-order chi connectivity index (χ0) is 25.0. The average Bonchev–Trinajstić information content (AvgIpc) is 2.82. The molecule has 2 aliphatic heterocycles. The topological polar surface area (TPSA) is 78.8 Å². The number of hydrogen-bond donors (Lipinski definition) is 1. The number of rotatable bonds is 7. The Morgan fingerprint density at radius 2 is 1.91 bits per heavy atom. The summed E-state index contributed by atoms with van der Waals surface area (Å²) in [5.41, 5.74) is -0.210. The molecule has 0 saturated carbocycles. The molecule has 3 heterocycles. The van der Waals surface area contributed by atoms with Crippen molar-refractivity contribution in [1.29, 1.82) is 0 Å². The smallest absolute Gasteiger partial charge is 0.256 e. The molecular formula is C26H34F2N4O3. The molecule has 1 aromatic carbocycles. The first-order valence-electron chi connectivity index (χ1n) is 12.3. The maximum Gasteiger partial charge on any atom is 0.256 e. The molecule has 1 aromatic heterocycles. The number of alkyl halides is 1. The first-order valence-corrected chi connectivity index (χ1v) is 12.3. The number of nitrogens with zero attached hydrogens (tertiary/aromatic N) is 4. The number of β-amino-alcohol motifs (C(OH)–C–C–N with tert-alkyl or cyclic N) is 1. The second-order valence-corrected chi connectivity index (χ2v) is 10.2. The molecule has 1 N–H and O–H groups in total. The number of benzene rings is 1. The number of likely N-dealkylation sites (tertiary alicyclic amines) is 2. The second kappa shape index (κ2) is 11.0. The van der Waals surface area contributed by atoms with Gasteiger partial charge in [0.15, 0.2) is 0 Å². The van der Waals surface area contributed by atoms with E-state index in [1.807, 2.05) is 0 Å². The molecule has 7 nitrogen and oxygen atoms in total. The number of hydrogen-bond acceptors (Lipinski definition) is 6. The highest BCUT2D eigenvalue weighted by Crippen LogP contribution is 2.24. The third-order valence-electron chi connectivity index (χ3n) is 6.59. The van der Waals surface area contributed by atoms with E-state index in [0.29, 0.717) is 55.6 Å². The van der Waals surface area contributed by atoms with Crippen LogP contribution in [-0.2, 0) is 0 Å². The molecule has 9 heteroatoms. The zero-order valence-electron chi connectivity index (χ0n) is 20.4. The molecule has 2 aliphatic rings. The van der Waals surface area contributed by atoms with Gasteiger partial charge in [-0.05, 0) is 76.7 Å². The van der Waals surface area contributed by atoms with Crippen molar-refractivity contribution >= 4 is 5.91 Å². The van der Waals surface area contributed by atoms with Crippen molar-refractivity contribution in [2.45, 2.75) is 51.3 Å². The molecule has 1 amide bonds. The average molecular weight is 489 g/mol. The Hall–Kier alpha value is -2.65. The third-order valence-corrected chi connectivity index (χ3v) is 6.59. The van der Waals surface area contributed by atoms with E-state index in [-0.39, 0.29) is 12.1 Å². The van der Waals surface area contributed by atoms with Gasteiger partial charge >= 0.3 is 0 Å². The minimum atomic E-state index is -1.18. The summed E-state index contributed by atoms with van der Waals surface area (Å²) in [6.45, 7) is 6.63. The van der Waals surface area contributed by atoms with E-state index in [9.17, 15) is 18.7 Å². The Balaban J connectivity index is 1.30. The van der Waals surface area contributed by atoms with Crippen LogP contribution in [0.15, 0.2) is 30.3 Å². The molecule has 2 fully saturated rings. The molecule has 190 valence electrons. The predicted octanol–water partition coefficient (Wildman–Crippen LogP) is 3.72. The van der Waals surface area contributed by atoms with E-state index in [0.717, 1.165) is 25.9 Å². The summed E-state index contributed by atoms with van der Waals surface area (Å²) in [6, 6.07) is 7.80. The normalized spacial score (nSPS) is 20.1. The Morgan fingerprint density at radius 1 is 1.14 bits per heavy atom. The van der Waals surface area contributed by atoms with E-state index in [2.05, 4.69) is 15.1 Å². The van der Waals surface area contributed by atoms with Gasteiger partial charge in [-0.15, -0.1) is 10.2 Å². The number of carbonyl (C=O) groups is 1. The van der Waals surface area contributed by atoms with E-state index in [1.165, 1.54) is 17.0 Å². The van der Waals surface area contributed by atoms with Crippen LogP contribution in [0.1, 0.15) is 49.9 Å². The predicted molar refractivity (Wildman–Crippen MR) is 128 cm³/mol. The molecule has 1 unspecified atom stereocenters. The minimum Gasteiger partial charge on any atom is -0.476 e. The SMILES string of the molecule is CC(C)(F)CN1CCC(COc2ccc(-c3ccc(C(=O)N4CCCC(O)C4)c(F)c3)nn2)CC1. The highest BCUT2D eigenvalue weighted by molar-refractivity contribution is 5.95. The first-order chi connectivity index (χ1) is 16.7. The summed E-state index contributed by atoms with van der Waals surface area (Å²) < 4.78 is 34.4. The fourth-order valence-corrected chi connectivity index (χ4v) is 4.75. The lowest BCUT2D eigenvalue weighted by Gasteiger charge is -2.34. The second-order valence-electron chi connectivity index (χ2n) is 10.2. The number of halogens is 2. The van der Waals surface area contributed by atoms with E-state index in [1.54, 1.807) is 32.0 Å². The molecule has 0 aliphatic carbocycles. The van der Waals surface area contributed by atoms with E-state index >= 15 is 0 Å². The molecule has 1 atom stereocenters. The summed E-state index contributed by atoms with van der Waals surface area (Å²) in [4.78, 5) is 16.3. The van der Waals surface area contributed by atoms with Crippen molar-refractivity contribution in [3.05, 3.63) is 41.7 Å². The number of carbonyl (C=O) groups excluding carboxylic acids is 1. The highest BCUT2D eigenvalue weighted by atomic mass is 19.1. The molecule has 4 rings (SSSR count). The number of aliphatic hydroxyl groups excluding tert-OH is 1. The minimum absolute atomic E-state index is 0.0168. The third kappa shape index (κ3) is 6.95. The quantitative estimate of drug-likeness (QED) is 0.640. The van der Waals surface area contributed by atoms with Gasteiger partial charge in [0.1, 0.15) is 11.5 Å². The van der Waals surface area contributed by atoms with Crippen molar-refractivity contribution in [3.63, 3.8) is 0 Å². The van der Waals surface area contributed by atoms with Crippen LogP contribution in [0.3, 0.4) is 0 Å². The number of aliphatic hydroxyl groups is 1. The molecule has 0 spiro atoms. The molecule has 2 aromatic rings. The Bertz CT molecular complexity index is 1000. The summed E-state index contributed by atoms with van der Waals surface area (Å²) in [5, 5.41) is 18.1. The van der Waals surface area contributed by atoms with Gasteiger partial charge in [0, 0.05) is 31.3 Å². The van der Waals surface area contributed by atoms with Crippen LogP contribution in [0.2, 0.25) is 0 Å². The number of ether oxygens (including phenoxy) is 1. The molecule has 0 radical (unpaired) electrons. The van der Waals surface area contributed by atoms with E-state index in [4.69, 9.17) is 4.74 Å². The van der Waals surface area contributed by atoms with Crippen LogP contribution in [0.4, 0.5) is 8.78 Å². The van der Waals surface area contributed by atoms with Crippen molar-refractivity contribution < 1.29 is 23.4 Å². The summed E-state index contributed by atoms with van der Waals surface area (Å²) in [6.07, 6.45) is 2.69. The van der Waals surface area contributed by atoms with Crippen LogP contribution in [0, 0.1) is 11.7 Å². The van der Waals surface area contributed by atoms with Crippen LogP contribution in [0.5, 0.6) is 5.88 Å². The van der Waals surface area contributed by atoms with Gasteiger partial charge in [0.2, 0.25) is 5.88 Å². The maximum atomic E-state index is 14.8. The van der Waals surface area contributed by atoms with Gasteiger partial charge in [-0.25, -0.2) is 8.78 Å². The molecule has 35 heavy (non-hydrogen) atoms. The van der Waals surface area contributed by atoms with Crippen molar-refractivity contribution in [3.8, 4) is 17.1 Å². The van der Waals surface area contributed by atoms with Crippen LogP contribution >= 0.6 is 0 Å². The van der Waals surface area contributed by atoms with Gasteiger partial charge in [0.25, 0.3) is 5.91 Å². The lowest BCUT2D eigenvalue weighted by atomic mass is 9.97. The summed E-state index contributed by atoms with van der Waals surface area (Å²) in [5.74, 6) is -0.258. The molecule has 0 bridgehead atoms. The van der Waals surface area contributed by atoms with Crippen LogP contribution in [-0.4, -0.2) is 82.1 Å². The Labute approximate surface area is 205 Å².